The third-order valence-corrected chi connectivity index (χ3v) is 5.91. The molecule has 0 spiro atoms. The first kappa shape index (κ1) is 20.5. The molecule has 4 rings (SSSR count). The number of piperidine rings is 1. The van der Waals surface area contributed by atoms with E-state index in [0.717, 1.165) is 41.9 Å². The number of hydrogen-bond acceptors (Lipinski definition) is 4. The molecule has 1 saturated heterocycles. The fourth-order valence-electron chi connectivity index (χ4n) is 3.99. The summed E-state index contributed by atoms with van der Waals surface area (Å²) in [5.74, 6) is 2.15. The number of methoxy groups -OCH3 is 1. The Labute approximate surface area is 181 Å². The molecule has 1 fully saturated rings. The highest BCUT2D eigenvalue weighted by atomic mass is 35.5. The summed E-state index contributed by atoms with van der Waals surface area (Å²) in [5.41, 5.74) is 1.88. The number of amides is 1. The maximum absolute atomic E-state index is 13.1. The predicted octanol–water partition coefficient (Wildman–Crippen LogP) is 5.22. The lowest BCUT2D eigenvalue weighted by Gasteiger charge is -2.34. The molecule has 1 aliphatic heterocycles. The SMILES string of the molecule is COc1ccccc1CC(=O)N1CCCC[C@@H]1c1ncc(Cc2ccccc2Cl)o1. The molecular formula is C24H25ClN2O3. The number of ether oxygens (including phenoxy) is 1. The second kappa shape index (κ2) is 9.35. The van der Waals surface area contributed by atoms with Crippen LogP contribution in [0.2, 0.25) is 5.02 Å². The number of aromatic nitrogens is 1. The zero-order valence-electron chi connectivity index (χ0n) is 17.0. The molecule has 1 amide bonds. The van der Waals surface area contributed by atoms with Gasteiger partial charge in [-0.1, -0.05) is 48.0 Å². The van der Waals surface area contributed by atoms with Crippen molar-refractivity contribution in [1.29, 1.82) is 0 Å². The second-order valence-corrected chi connectivity index (χ2v) is 7.93. The van der Waals surface area contributed by atoms with Crippen molar-refractivity contribution in [3.63, 3.8) is 0 Å². The van der Waals surface area contributed by atoms with Gasteiger partial charge in [0.25, 0.3) is 0 Å². The number of rotatable bonds is 6. The van der Waals surface area contributed by atoms with Gasteiger partial charge >= 0.3 is 0 Å². The lowest BCUT2D eigenvalue weighted by molar-refractivity contribution is -0.135. The van der Waals surface area contributed by atoms with E-state index in [1.165, 1.54) is 0 Å². The van der Waals surface area contributed by atoms with Gasteiger partial charge in [0.1, 0.15) is 17.6 Å². The van der Waals surface area contributed by atoms with Gasteiger partial charge in [0.15, 0.2) is 0 Å². The van der Waals surface area contributed by atoms with Gasteiger partial charge in [-0.25, -0.2) is 4.98 Å². The molecule has 6 heteroatoms. The maximum Gasteiger partial charge on any atom is 0.227 e. The van der Waals surface area contributed by atoms with Crippen molar-refractivity contribution in [3.05, 3.63) is 82.5 Å². The van der Waals surface area contributed by atoms with Gasteiger partial charge in [-0.05, 0) is 37.0 Å². The van der Waals surface area contributed by atoms with E-state index in [1.807, 2.05) is 53.4 Å². The molecule has 156 valence electrons. The first-order valence-electron chi connectivity index (χ1n) is 10.2. The van der Waals surface area contributed by atoms with Gasteiger partial charge < -0.3 is 14.1 Å². The molecule has 1 atom stereocenters. The molecule has 3 aromatic rings. The molecule has 2 heterocycles. The van der Waals surface area contributed by atoms with E-state index >= 15 is 0 Å². The highest BCUT2D eigenvalue weighted by molar-refractivity contribution is 6.31. The van der Waals surface area contributed by atoms with Crippen LogP contribution in [0, 0.1) is 0 Å². The van der Waals surface area contributed by atoms with E-state index < -0.39 is 0 Å². The van der Waals surface area contributed by atoms with Crippen molar-refractivity contribution in [1.82, 2.24) is 9.88 Å². The Balaban J connectivity index is 1.50. The molecule has 1 aliphatic rings. The van der Waals surface area contributed by atoms with Crippen LogP contribution < -0.4 is 4.74 Å². The molecule has 2 aromatic carbocycles. The van der Waals surface area contributed by atoms with Gasteiger partial charge in [-0.15, -0.1) is 0 Å². The number of carbonyl (C=O) groups excluding carboxylic acids is 1. The summed E-state index contributed by atoms with van der Waals surface area (Å²) in [7, 11) is 1.63. The third kappa shape index (κ3) is 4.51. The normalized spacial score (nSPS) is 16.5. The van der Waals surface area contributed by atoms with E-state index in [0.29, 0.717) is 30.3 Å². The fourth-order valence-corrected chi connectivity index (χ4v) is 4.19. The number of likely N-dealkylation sites (tertiary alicyclic amines) is 1. The molecule has 0 radical (unpaired) electrons. The van der Waals surface area contributed by atoms with E-state index in [-0.39, 0.29) is 11.9 Å². The third-order valence-electron chi connectivity index (χ3n) is 5.54. The molecule has 0 N–H and O–H groups in total. The summed E-state index contributed by atoms with van der Waals surface area (Å²) in [6.07, 6.45) is 5.51. The average molecular weight is 425 g/mol. The molecule has 0 saturated carbocycles. The quantitative estimate of drug-likeness (QED) is 0.544. The molecule has 0 bridgehead atoms. The molecular weight excluding hydrogens is 400 g/mol. The van der Waals surface area contributed by atoms with Gasteiger partial charge in [0.2, 0.25) is 11.8 Å². The number of nitrogens with zero attached hydrogens (tertiary/aromatic N) is 2. The number of oxazole rings is 1. The molecule has 30 heavy (non-hydrogen) atoms. The van der Waals surface area contributed by atoms with Crippen molar-refractivity contribution >= 4 is 17.5 Å². The van der Waals surface area contributed by atoms with Crippen LogP contribution in [0.1, 0.15) is 48.1 Å². The van der Waals surface area contributed by atoms with Crippen LogP contribution in [-0.2, 0) is 17.6 Å². The first-order chi connectivity index (χ1) is 14.7. The van der Waals surface area contributed by atoms with Crippen LogP contribution in [0.25, 0.3) is 0 Å². The summed E-state index contributed by atoms with van der Waals surface area (Å²) >= 11 is 6.27. The monoisotopic (exact) mass is 424 g/mol. The second-order valence-electron chi connectivity index (χ2n) is 7.52. The van der Waals surface area contributed by atoms with Gasteiger partial charge in [-0.3, -0.25) is 4.79 Å². The minimum atomic E-state index is -0.138. The van der Waals surface area contributed by atoms with Crippen LogP contribution in [0.5, 0.6) is 5.75 Å². The molecule has 1 aromatic heterocycles. The van der Waals surface area contributed by atoms with Crippen molar-refractivity contribution in [2.24, 2.45) is 0 Å². The van der Waals surface area contributed by atoms with Crippen molar-refractivity contribution in [3.8, 4) is 5.75 Å². The Morgan fingerprint density at radius 1 is 1.17 bits per heavy atom. The lowest BCUT2D eigenvalue weighted by Crippen LogP contribution is -2.39. The van der Waals surface area contributed by atoms with Crippen LogP contribution in [0.15, 0.2) is 59.1 Å². The Morgan fingerprint density at radius 3 is 2.73 bits per heavy atom. The van der Waals surface area contributed by atoms with Crippen molar-refractivity contribution in [2.45, 2.75) is 38.1 Å². The molecule has 5 nitrogen and oxygen atoms in total. The fraction of sp³-hybridized carbons (Fsp3) is 0.333. The Morgan fingerprint density at radius 2 is 1.93 bits per heavy atom. The Bertz CT molecular complexity index is 1020. The number of para-hydroxylation sites is 1. The van der Waals surface area contributed by atoms with Crippen molar-refractivity contribution in [2.75, 3.05) is 13.7 Å². The van der Waals surface area contributed by atoms with E-state index in [9.17, 15) is 4.79 Å². The van der Waals surface area contributed by atoms with E-state index in [2.05, 4.69) is 4.98 Å². The Hall–Kier alpha value is -2.79. The zero-order valence-corrected chi connectivity index (χ0v) is 17.8. The maximum atomic E-state index is 13.1. The standard InChI is InChI=1S/C24H25ClN2O3/c1-29-22-12-5-3-9-18(22)15-23(28)27-13-7-6-11-21(27)24-26-16-19(30-24)14-17-8-2-4-10-20(17)25/h2-5,8-10,12,16,21H,6-7,11,13-15H2,1H3/t21-/m1/s1. The first-order valence-corrected chi connectivity index (χ1v) is 10.6. The molecule has 0 aliphatic carbocycles. The van der Waals surface area contributed by atoms with Crippen LogP contribution in [-0.4, -0.2) is 29.4 Å². The largest absolute Gasteiger partial charge is 0.496 e. The number of benzene rings is 2. The summed E-state index contributed by atoms with van der Waals surface area (Å²) < 4.78 is 11.5. The summed E-state index contributed by atoms with van der Waals surface area (Å²) in [5, 5.41) is 0.710. The van der Waals surface area contributed by atoms with E-state index in [1.54, 1.807) is 13.3 Å². The predicted molar refractivity (Wildman–Crippen MR) is 116 cm³/mol. The van der Waals surface area contributed by atoms with E-state index in [4.69, 9.17) is 20.8 Å². The summed E-state index contributed by atoms with van der Waals surface area (Å²) in [6, 6.07) is 15.2. The van der Waals surface area contributed by atoms with Gasteiger partial charge in [0.05, 0.1) is 19.7 Å². The van der Waals surface area contributed by atoms with Gasteiger partial charge in [0, 0.05) is 23.6 Å². The smallest absolute Gasteiger partial charge is 0.227 e. The number of carbonyl (C=O) groups is 1. The number of halogens is 1. The average Bonchev–Trinajstić information content (AvgIpc) is 3.24. The topological polar surface area (TPSA) is 55.6 Å². The van der Waals surface area contributed by atoms with Crippen molar-refractivity contribution < 1.29 is 13.9 Å². The summed E-state index contributed by atoms with van der Waals surface area (Å²) in [4.78, 5) is 19.6. The molecule has 0 unspecified atom stereocenters. The van der Waals surface area contributed by atoms with Crippen LogP contribution in [0.4, 0.5) is 0 Å². The summed E-state index contributed by atoms with van der Waals surface area (Å²) in [6.45, 7) is 0.709. The minimum Gasteiger partial charge on any atom is -0.496 e. The van der Waals surface area contributed by atoms with Crippen LogP contribution >= 0.6 is 11.6 Å². The zero-order chi connectivity index (χ0) is 20.9. The van der Waals surface area contributed by atoms with Crippen LogP contribution in [0.3, 0.4) is 0 Å². The minimum absolute atomic E-state index is 0.0649. The number of hydrogen-bond donors (Lipinski definition) is 0. The van der Waals surface area contributed by atoms with Gasteiger partial charge in [-0.2, -0.15) is 0 Å². The highest BCUT2D eigenvalue weighted by Crippen LogP contribution is 2.32. The highest BCUT2D eigenvalue weighted by Gasteiger charge is 2.31. The Kier molecular flexibility index (Phi) is 6.38. The lowest BCUT2D eigenvalue weighted by atomic mass is 10.0.